The van der Waals surface area contributed by atoms with Crippen LogP contribution in [0, 0.1) is 0 Å². The van der Waals surface area contributed by atoms with Gasteiger partial charge in [-0.15, -0.1) is 0 Å². The molecule has 196 valence electrons. The minimum atomic E-state index is -0.268. The fraction of sp³-hybridized carbons (Fsp3) is 0.429. The van der Waals surface area contributed by atoms with Crippen molar-refractivity contribution in [3.05, 3.63) is 60.0 Å². The van der Waals surface area contributed by atoms with Crippen LogP contribution in [0.1, 0.15) is 48.0 Å². The van der Waals surface area contributed by atoms with E-state index in [4.69, 9.17) is 13.6 Å². The summed E-state index contributed by atoms with van der Waals surface area (Å²) in [6, 6.07) is 10.4. The van der Waals surface area contributed by atoms with Gasteiger partial charge in [-0.3, -0.25) is 25.1 Å². The number of pyridine rings is 1. The second kappa shape index (κ2) is 11.9. The standard InChI is InChI=1S/C28H35BN8O/c1-35-10-12-36(13-11-35)19-20-6-5-7-21(14-20)22-15-23(17-31-16-22)27(38)34-37(24-8-3-2-4-9-24)26-25(29)18-32-28(30)33-26/h5-7,14-18,24H,2-4,8-13,19H2,1H3,(H,34,38)(H2,30,32,33). The Kier molecular flexibility index (Phi) is 8.19. The largest absolute Gasteiger partial charge is 0.368 e. The van der Waals surface area contributed by atoms with Gasteiger partial charge in [-0.05, 0) is 48.6 Å². The van der Waals surface area contributed by atoms with E-state index in [0.717, 1.165) is 69.5 Å². The summed E-state index contributed by atoms with van der Waals surface area (Å²) in [5.74, 6) is 0.276. The lowest BCUT2D eigenvalue weighted by atomic mass is 9.93. The van der Waals surface area contributed by atoms with E-state index in [2.05, 4.69) is 61.5 Å². The van der Waals surface area contributed by atoms with E-state index < -0.39 is 0 Å². The highest BCUT2D eigenvalue weighted by atomic mass is 16.2. The van der Waals surface area contributed by atoms with Crippen molar-refractivity contribution >= 4 is 31.0 Å². The number of aromatic nitrogens is 3. The maximum atomic E-state index is 13.5. The highest BCUT2D eigenvalue weighted by Crippen LogP contribution is 2.25. The maximum absolute atomic E-state index is 13.5. The van der Waals surface area contributed by atoms with Crippen LogP contribution < -0.4 is 21.6 Å². The summed E-state index contributed by atoms with van der Waals surface area (Å²) >= 11 is 0. The van der Waals surface area contributed by atoms with Crippen LogP contribution in [-0.4, -0.2) is 77.8 Å². The first-order valence-electron chi connectivity index (χ1n) is 13.4. The molecular weight excluding hydrogens is 475 g/mol. The van der Waals surface area contributed by atoms with Gasteiger partial charge in [0.2, 0.25) is 5.95 Å². The van der Waals surface area contributed by atoms with Crippen molar-refractivity contribution in [3.8, 4) is 11.1 Å². The van der Waals surface area contributed by atoms with Crippen molar-refractivity contribution in [1.82, 2.24) is 30.2 Å². The molecular formula is C28H35BN8O. The Morgan fingerprint density at radius 3 is 2.66 bits per heavy atom. The van der Waals surface area contributed by atoms with E-state index in [0.29, 0.717) is 16.8 Å². The zero-order valence-corrected chi connectivity index (χ0v) is 22.0. The molecule has 38 heavy (non-hydrogen) atoms. The Balaban J connectivity index is 1.35. The topological polar surface area (TPSA) is 104 Å². The molecule has 1 amide bonds. The molecule has 2 fully saturated rings. The number of piperazine rings is 1. The lowest BCUT2D eigenvalue weighted by Gasteiger charge is -2.36. The molecule has 5 rings (SSSR count). The van der Waals surface area contributed by atoms with Gasteiger partial charge in [-0.1, -0.05) is 37.5 Å². The Morgan fingerprint density at radius 1 is 1.08 bits per heavy atom. The molecule has 0 spiro atoms. The Morgan fingerprint density at radius 2 is 1.87 bits per heavy atom. The number of likely N-dealkylation sites (N-methyl/N-ethyl adjacent to an activating group) is 1. The Bertz CT molecular complexity index is 1260. The van der Waals surface area contributed by atoms with E-state index >= 15 is 0 Å². The molecule has 2 radical (unpaired) electrons. The Hall–Kier alpha value is -3.50. The van der Waals surface area contributed by atoms with Crippen LogP contribution in [0.2, 0.25) is 0 Å². The number of nitrogen functional groups attached to an aromatic ring is 1. The number of nitrogens with two attached hydrogens (primary N) is 1. The van der Waals surface area contributed by atoms with Gasteiger partial charge in [-0.2, -0.15) is 4.98 Å². The van der Waals surface area contributed by atoms with Crippen LogP contribution in [0.25, 0.3) is 11.1 Å². The van der Waals surface area contributed by atoms with Gasteiger partial charge in [0.05, 0.1) is 11.6 Å². The van der Waals surface area contributed by atoms with Gasteiger partial charge >= 0.3 is 0 Å². The van der Waals surface area contributed by atoms with Crippen LogP contribution in [0.15, 0.2) is 48.9 Å². The predicted molar refractivity (Wildman–Crippen MR) is 151 cm³/mol. The van der Waals surface area contributed by atoms with E-state index in [-0.39, 0.29) is 17.9 Å². The number of hydrazine groups is 1. The summed E-state index contributed by atoms with van der Waals surface area (Å²) in [5.41, 5.74) is 12.9. The molecule has 1 aliphatic heterocycles. The summed E-state index contributed by atoms with van der Waals surface area (Å²) in [6.07, 6.45) is 10.1. The lowest BCUT2D eigenvalue weighted by Crippen LogP contribution is -2.52. The number of hydrogen-bond donors (Lipinski definition) is 2. The zero-order chi connectivity index (χ0) is 26.5. The number of nitrogens with zero attached hydrogens (tertiary/aromatic N) is 6. The number of nitrogens with one attached hydrogen (secondary N) is 1. The molecule has 1 saturated carbocycles. The molecule has 3 heterocycles. The van der Waals surface area contributed by atoms with Gasteiger partial charge in [0.1, 0.15) is 13.7 Å². The molecule has 0 atom stereocenters. The summed E-state index contributed by atoms with van der Waals surface area (Å²) in [7, 11) is 8.37. The van der Waals surface area contributed by atoms with E-state index in [1.54, 1.807) is 17.4 Å². The molecule has 1 aromatic carbocycles. The van der Waals surface area contributed by atoms with Crippen molar-refractivity contribution < 1.29 is 4.79 Å². The average Bonchev–Trinajstić information content (AvgIpc) is 2.95. The normalized spacial score (nSPS) is 17.3. The monoisotopic (exact) mass is 510 g/mol. The van der Waals surface area contributed by atoms with Crippen LogP contribution >= 0.6 is 0 Å². The number of benzene rings is 1. The zero-order valence-electron chi connectivity index (χ0n) is 22.0. The summed E-state index contributed by atoms with van der Waals surface area (Å²) < 4.78 is 0. The summed E-state index contributed by atoms with van der Waals surface area (Å²) in [4.78, 5) is 31.1. The molecule has 0 unspecified atom stereocenters. The summed E-state index contributed by atoms with van der Waals surface area (Å²) in [5, 5.41) is 1.78. The molecule has 3 aromatic rings. The fourth-order valence-corrected chi connectivity index (χ4v) is 5.25. The Labute approximate surface area is 225 Å². The van der Waals surface area contributed by atoms with Crippen LogP contribution in [0.3, 0.4) is 0 Å². The van der Waals surface area contributed by atoms with Gasteiger partial charge in [0.25, 0.3) is 5.91 Å². The van der Waals surface area contributed by atoms with Crippen LogP contribution in [0.4, 0.5) is 11.8 Å². The number of anilines is 2. The second-order valence-electron chi connectivity index (χ2n) is 10.4. The van der Waals surface area contributed by atoms with E-state index in [1.165, 1.54) is 18.2 Å². The SMILES string of the molecule is [B]c1cnc(N)nc1N(NC(=O)c1cncc(-c2cccc(CN3CCN(C)CC3)c2)c1)C1CCCCC1. The smallest absolute Gasteiger partial charge is 0.271 e. The molecule has 9 nitrogen and oxygen atoms in total. The minimum absolute atomic E-state index is 0.0756. The van der Waals surface area contributed by atoms with Crippen molar-refractivity contribution in [3.63, 3.8) is 0 Å². The fourth-order valence-electron chi connectivity index (χ4n) is 5.25. The molecule has 1 aliphatic carbocycles. The number of hydrogen-bond acceptors (Lipinski definition) is 8. The van der Waals surface area contributed by atoms with Gasteiger partial charge in [0, 0.05) is 56.9 Å². The second-order valence-corrected chi connectivity index (χ2v) is 10.4. The van der Waals surface area contributed by atoms with Crippen molar-refractivity contribution in [2.24, 2.45) is 0 Å². The third kappa shape index (κ3) is 6.31. The summed E-state index contributed by atoms with van der Waals surface area (Å²) in [6.45, 7) is 5.22. The van der Waals surface area contributed by atoms with Crippen LogP contribution in [0.5, 0.6) is 0 Å². The molecule has 3 N–H and O–H groups in total. The van der Waals surface area contributed by atoms with Crippen molar-refractivity contribution in [1.29, 1.82) is 0 Å². The molecule has 2 aliphatic rings. The highest BCUT2D eigenvalue weighted by molar-refractivity contribution is 6.35. The average molecular weight is 510 g/mol. The molecule has 0 bridgehead atoms. The quantitative estimate of drug-likeness (QED) is 0.368. The maximum Gasteiger partial charge on any atom is 0.271 e. The molecule has 1 saturated heterocycles. The highest BCUT2D eigenvalue weighted by Gasteiger charge is 2.26. The molecule has 2 aromatic heterocycles. The number of rotatable bonds is 7. The molecule has 10 heteroatoms. The predicted octanol–water partition coefficient (Wildman–Crippen LogP) is 2.15. The van der Waals surface area contributed by atoms with E-state index in [1.807, 2.05) is 6.07 Å². The van der Waals surface area contributed by atoms with Crippen LogP contribution in [-0.2, 0) is 6.54 Å². The lowest BCUT2D eigenvalue weighted by molar-refractivity contribution is 0.0941. The number of amides is 1. The van der Waals surface area contributed by atoms with Crippen molar-refractivity contribution in [2.75, 3.05) is 44.0 Å². The first-order chi connectivity index (χ1) is 18.5. The number of carbonyl (C=O) groups is 1. The first kappa shape index (κ1) is 26.1. The van der Waals surface area contributed by atoms with Gasteiger partial charge < -0.3 is 10.6 Å². The van der Waals surface area contributed by atoms with Gasteiger partial charge in [-0.25, -0.2) is 4.98 Å². The third-order valence-electron chi connectivity index (χ3n) is 7.47. The van der Waals surface area contributed by atoms with Gasteiger partial charge in [0.15, 0.2) is 0 Å². The minimum Gasteiger partial charge on any atom is -0.368 e. The van der Waals surface area contributed by atoms with Crippen molar-refractivity contribution in [2.45, 2.75) is 44.7 Å². The number of carbonyl (C=O) groups excluding carboxylic acids is 1. The first-order valence-corrected chi connectivity index (χ1v) is 13.4. The van der Waals surface area contributed by atoms with E-state index in [9.17, 15) is 4.79 Å². The third-order valence-corrected chi connectivity index (χ3v) is 7.47.